The van der Waals surface area contributed by atoms with E-state index in [4.69, 9.17) is 9.15 Å². The van der Waals surface area contributed by atoms with Gasteiger partial charge in [0, 0.05) is 0 Å². The minimum Gasteiger partial charge on any atom is -0.485 e. The highest BCUT2D eigenvalue weighted by Crippen LogP contribution is 2.31. The van der Waals surface area contributed by atoms with Crippen LogP contribution in [0.4, 0.5) is 0 Å². The van der Waals surface area contributed by atoms with Gasteiger partial charge >= 0.3 is 0 Å². The molecule has 3 nitrogen and oxygen atoms in total. The average molecular weight is 287 g/mol. The molecule has 0 bridgehead atoms. The molecule has 0 saturated heterocycles. The van der Waals surface area contributed by atoms with Gasteiger partial charge in [-0.05, 0) is 35.7 Å². The summed E-state index contributed by atoms with van der Waals surface area (Å²) in [7, 11) is 0. The first-order valence-corrected chi connectivity index (χ1v) is 7.51. The number of benzene rings is 1. The third-order valence-electron chi connectivity index (χ3n) is 3.33. The molecule has 3 heteroatoms. The summed E-state index contributed by atoms with van der Waals surface area (Å²) in [4.78, 5) is 0. The monoisotopic (exact) mass is 287 g/mol. The van der Waals surface area contributed by atoms with Gasteiger partial charge in [0.2, 0.25) is 0 Å². The van der Waals surface area contributed by atoms with E-state index in [1.54, 1.807) is 0 Å². The van der Waals surface area contributed by atoms with Gasteiger partial charge in [-0.2, -0.15) is 0 Å². The number of ether oxygens (including phenoxy) is 1. The topological polar surface area (TPSA) is 34.4 Å². The van der Waals surface area contributed by atoms with Crippen molar-refractivity contribution in [3.63, 3.8) is 0 Å². The van der Waals surface area contributed by atoms with Crippen molar-refractivity contribution in [2.75, 3.05) is 6.54 Å². The normalized spacial score (nSPS) is 11.6. The summed E-state index contributed by atoms with van der Waals surface area (Å²) in [6, 6.07) is 12.2. The van der Waals surface area contributed by atoms with Crippen molar-refractivity contribution in [3.8, 4) is 5.75 Å². The van der Waals surface area contributed by atoms with Gasteiger partial charge in [0.1, 0.15) is 23.9 Å². The third-order valence-corrected chi connectivity index (χ3v) is 3.33. The van der Waals surface area contributed by atoms with Crippen molar-refractivity contribution in [1.29, 1.82) is 0 Å². The van der Waals surface area contributed by atoms with Gasteiger partial charge in [0.25, 0.3) is 0 Å². The molecule has 1 heterocycles. The fraction of sp³-hybridized carbons (Fsp3) is 0.444. The maximum Gasteiger partial charge on any atom is 0.146 e. The highest BCUT2D eigenvalue weighted by molar-refractivity contribution is 5.38. The molecule has 114 valence electrons. The Morgan fingerprint density at radius 2 is 1.76 bits per heavy atom. The zero-order valence-electron chi connectivity index (χ0n) is 13.4. The molecule has 0 radical (unpaired) electrons. The standard InChI is InChI=1S/C18H25NO2/c1-5-19-12-14-10-11-15(21-14)13-20-17-9-7-6-8-16(17)18(2,3)4/h6-11,19H,5,12-13H2,1-4H3. The van der Waals surface area contributed by atoms with Crippen LogP contribution in [0.25, 0.3) is 0 Å². The van der Waals surface area contributed by atoms with Crippen LogP contribution in [0.2, 0.25) is 0 Å². The molecule has 0 aliphatic carbocycles. The molecule has 2 aromatic rings. The Morgan fingerprint density at radius 3 is 2.48 bits per heavy atom. The van der Waals surface area contributed by atoms with Gasteiger partial charge in [0.15, 0.2) is 0 Å². The number of hydrogen-bond acceptors (Lipinski definition) is 3. The molecule has 2 rings (SSSR count). The van der Waals surface area contributed by atoms with E-state index in [0.29, 0.717) is 6.61 Å². The van der Waals surface area contributed by atoms with E-state index in [1.807, 2.05) is 24.3 Å². The molecule has 0 aliphatic rings. The van der Waals surface area contributed by atoms with Crippen LogP contribution in [0.1, 0.15) is 44.8 Å². The second-order valence-corrected chi connectivity index (χ2v) is 6.18. The minimum atomic E-state index is 0.0654. The summed E-state index contributed by atoms with van der Waals surface area (Å²) in [5.41, 5.74) is 1.28. The van der Waals surface area contributed by atoms with E-state index in [1.165, 1.54) is 5.56 Å². The van der Waals surface area contributed by atoms with Crippen molar-refractivity contribution < 1.29 is 9.15 Å². The molecule has 1 aromatic carbocycles. The second-order valence-electron chi connectivity index (χ2n) is 6.18. The number of nitrogens with one attached hydrogen (secondary N) is 1. The van der Waals surface area contributed by atoms with Crippen LogP contribution in [0.15, 0.2) is 40.8 Å². The lowest BCUT2D eigenvalue weighted by Gasteiger charge is -2.22. The lowest BCUT2D eigenvalue weighted by Crippen LogP contribution is -2.13. The maximum absolute atomic E-state index is 5.95. The minimum absolute atomic E-state index is 0.0654. The molecule has 1 aromatic heterocycles. The molecular formula is C18H25NO2. The third kappa shape index (κ3) is 4.36. The first kappa shape index (κ1) is 15.6. The van der Waals surface area contributed by atoms with Gasteiger partial charge in [0.05, 0.1) is 6.54 Å². The molecular weight excluding hydrogens is 262 g/mol. The predicted octanol–water partition coefficient (Wildman–Crippen LogP) is 4.27. The molecule has 0 atom stereocenters. The lowest BCUT2D eigenvalue weighted by atomic mass is 9.86. The fourth-order valence-corrected chi connectivity index (χ4v) is 2.20. The predicted molar refractivity (Wildman–Crippen MR) is 85.6 cm³/mol. The Labute approximate surface area is 127 Å². The van der Waals surface area contributed by atoms with Gasteiger partial charge in [-0.1, -0.05) is 45.9 Å². The highest BCUT2D eigenvalue weighted by atomic mass is 16.5. The van der Waals surface area contributed by atoms with Crippen molar-refractivity contribution in [3.05, 3.63) is 53.5 Å². The summed E-state index contributed by atoms with van der Waals surface area (Å²) in [6.07, 6.45) is 0. The van der Waals surface area contributed by atoms with Crippen LogP contribution >= 0.6 is 0 Å². The Bertz CT molecular complexity index is 567. The van der Waals surface area contributed by atoms with Crippen LogP contribution in [0.5, 0.6) is 5.75 Å². The first-order valence-electron chi connectivity index (χ1n) is 7.51. The van der Waals surface area contributed by atoms with Crippen molar-refractivity contribution >= 4 is 0 Å². The summed E-state index contributed by atoms with van der Waals surface area (Å²) < 4.78 is 11.7. The molecule has 21 heavy (non-hydrogen) atoms. The van der Waals surface area contributed by atoms with Gasteiger partial charge < -0.3 is 14.5 Å². The average Bonchev–Trinajstić information content (AvgIpc) is 2.90. The van der Waals surface area contributed by atoms with Crippen molar-refractivity contribution in [1.82, 2.24) is 5.32 Å². The summed E-state index contributed by atoms with van der Waals surface area (Å²) in [6.45, 7) is 10.8. The number of para-hydroxylation sites is 1. The van der Waals surface area contributed by atoms with Crippen LogP contribution in [0, 0.1) is 0 Å². The Hall–Kier alpha value is -1.74. The maximum atomic E-state index is 5.95. The van der Waals surface area contributed by atoms with Gasteiger partial charge in [-0.15, -0.1) is 0 Å². The molecule has 0 unspecified atom stereocenters. The zero-order chi connectivity index (χ0) is 15.3. The quantitative estimate of drug-likeness (QED) is 0.861. The van der Waals surface area contributed by atoms with Gasteiger partial charge in [-0.3, -0.25) is 0 Å². The van der Waals surface area contributed by atoms with Crippen molar-refractivity contribution in [2.45, 2.75) is 46.3 Å². The number of furan rings is 1. The molecule has 1 N–H and O–H groups in total. The Kier molecular flexibility index (Phi) is 5.07. The second kappa shape index (κ2) is 6.81. The SMILES string of the molecule is CCNCc1ccc(COc2ccccc2C(C)(C)C)o1. The van der Waals surface area contributed by atoms with E-state index in [9.17, 15) is 0 Å². The fourth-order valence-electron chi connectivity index (χ4n) is 2.20. The van der Waals surface area contributed by atoms with Gasteiger partial charge in [-0.25, -0.2) is 0 Å². The Morgan fingerprint density at radius 1 is 1.05 bits per heavy atom. The lowest BCUT2D eigenvalue weighted by molar-refractivity contribution is 0.259. The smallest absolute Gasteiger partial charge is 0.146 e. The molecule has 0 amide bonds. The van der Waals surface area contributed by atoms with Crippen molar-refractivity contribution in [2.24, 2.45) is 0 Å². The Balaban J connectivity index is 2.02. The van der Waals surface area contributed by atoms with E-state index in [2.05, 4.69) is 45.1 Å². The molecule has 0 saturated carbocycles. The van der Waals surface area contributed by atoms with E-state index in [0.717, 1.165) is 30.4 Å². The summed E-state index contributed by atoms with van der Waals surface area (Å²) in [5, 5.41) is 3.25. The van der Waals surface area contributed by atoms with E-state index >= 15 is 0 Å². The summed E-state index contributed by atoms with van der Waals surface area (Å²) in [5.74, 6) is 2.72. The molecule has 0 fully saturated rings. The van der Waals surface area contributed by atoms with Crippen LogP contribution in [-0.2, 0) is 18.6 Å². The molecule has 0 spiro atoms. The number of hydrogen-bond donors (Lipinski definition) is 1. The first-order chi connectivity index (χ1) is 10.0. The largest absolute Gasteiger partial charge is 0.485 e. The van der Waals surface area contributed by atoms with Crippen LogP contribution in [-0.4, -0.2) is 6.54 Å². The highest BCUT2D eigenvalue weighted by Gasteiger charge is 2.18. The van der Waals surface area contributed by atoms with E-state index in [-0.39, 0.29) is 5.41 Å². The van der Waals surface area contributed by atoms with E-state index < -0.39 is 0 Å². The van der Waals surface area contributed by atoms with Crippen LogP contribution in [0.3, 0.4) is 0 Å². The van der Waals surface area contributed by atoms with Crippen LogP contribution < -0.4 is 10.1 Å². The molecule has 0 aliphatic heterocycles. The zero-order valence-corrected chi connectivity index (χ0v) is 13.4. The summed E-state index contributed by atoms with van der Waals surface area (Å²) >= 11 is 0. The number of rotatable bonds is 6.